The van der Waals surface area contributed by atoms with Crippen molar-refractivity contribution in [1.29, 1.82) is 0 Å². The summed E-state index contributed by atoms with van der Waals surface area (Å²) in [6, 6.07) is 7.75. The van der Waals surface area contributed by atoms with Crippen molar-refractivity contribution >= 4 is 5.97 Å². The second kappa shape index (κ2) is 5.66. The minimum Gasteiger partial charge on any atom is -0.481 e. The monoisotopic (exact) mass is 222 g/mol. The zero-order chi connectivity index (χ0) is 12.1. The van der Waals surface area contributed by atoms with Crippen LogP contribution in [-0.2, 0) is 11.2 Å². The minimum absolute atomic E-state index is 0.295. The maximum absolute atomic E-state index is 11.0. The number of aliphatic carboxylic acids is 1. The van der Waals surface area contributed by atoms with Gasteiger partial charge in [-0.05, 0) is 37.8 Å². The van der Waals surface area contributed by atoms with E-state index in [4.69, 9.17) is 5.11 Å². The fourth-order valence-corrected chi connectivity index (χ4v) is 1.79. The predicted octanol–water partition coefficient (Wildman–Crippen LogP) is 2.01. The molecule has 0 saturated carbocycles. The van der Waals surface area contributed by atoms with Crippen LogP contribution in [-0.4, -0.2) is 22.3 Å². The van der Waals surface area contributed by atoms with E-state index in [2.05, 4.69) is 0 Å². The van der Waals surface area contributed by atoms with Gasteiger partial charge in [-0.15, -0.1) is 0 Å². The summed E-state index contributed by atoms with van der Waals surface area (Å²) in [5, 5.41) is 18.3. The highest BCUT2D eigenvalue weighted by molar-refractivity contribution is 5.70. The summed E-state index contributed by atoms with van der Waals surface area (Å²) >= 11 is 0. The van der Waals surface area contributed by atoms with Crippen LogP contribution in [0.1, 0.15) is 24.5 Å². The molecular weight excluding hydrogens is 204 g/mol. The number of carboxylic acids is 1. The molecule has 1 aromatic rings. The highest BCUT2D eigenvalue weighted by atomic mass is 16.4. The molecule has 1 rings (SSSR count). The molecule has 0 fully saturated rings. The van der Waals surface area contributed by atoms with Gasteiger partial charge in [0.25, 0.3) is 0 Å². The first-order valence-electron chi connectivity index (χ1n) is 5.46. The molecule has 2 unspecified atom stereocenters. The SMILES string of the molecule is Cc1ccccc1CC(CC(C)O)C(=O)O. The molecule has 3 nitrogen and oxygen atoms in total. The third-order valence-electron chi connectivity index (χ3n) is 2.70. The number of aliphatic hydroxyl groups is 1. The average molecular weight is 222 g/mol. The van der Waals surface area contributed by atoms with Crippen molar-refractivity contribution in [2.45, 2.75) is 32.8 Å². The number of carbonyl (C=O) groups is 1. The Labute approximate surface area is 95.7 Å². The van der Waals surface area contributed by atoms with Crippen LogP contribution >= 0.6 is 0 Å². The normalized spacial score (nSPS) is 14.4. The lowest BCUT2D eigenvalue weighted by atomic mass is 9.92. The molecule has 0 bridgehead atoms. The summed E-state index contributed by atoms with van der Waals surface area (Å²) in [6.07, 6.45) is 0.196. The topological polar surface area (TPSA) is 57.5 Å². The Balaban J connectivity index is 2.76. The number of carboxylic acid groups (broad SMARTS) is 1. The van der Waals surface area contributed by atoms with Crippen LogP contribution in [0.2, 0.25) is 0 Å². The molecule has 0 aliphatic carbocycles. The number of benzene rings is 1. The predicted molar refractivity (Wildman–Crippen MR) is 62.3 cm³/mol. The zero-order valence-corrected chi connectivity index (χ0v) is 9.68. The van der Waals surface area contributed by atoms with Crippen LogP contribution < -0.4 is 0 Å². The molecule has 16 heavy (non-hydrogen) atoms. The first-order chi connectivity index (χ1) is 7.50. The smallest absolute Gasteiger partial charge is 0.306 e. The fraction of sp³-hybridized carbons (Fsp3) is 0.462. The van der Waals surface area contributed by atoms with Crippen LogP contribution in [0.25, 0.3) is 0 Å². The van der Waals surface area contributed by atoms with E-state index >= 15 is 0 Å². The summed E-state index contributed by atoms with van der Waals surface area (Å²) in [4.78, 5) is 11.0. The van der Waals surface area contributed by atoms with Crippen molar-refractivity contribution in [3.05, 3.63) is 35.4 Å². The van der Waals surface area contributed by atoms with Crippen molar-refractivity contribution in [3.63, 3.8) is 0 Å². The maximum atomic E-state index is 11.0. The quantitative estimate of drug-likeness (QED) is 0.801. The van der Waals surface area contributed by atoms with E-state index in [1.165, 1.54) is 0 Å². The van der Waals surface area contributed by atoms with Crippen LogP contribution in [0.3, 0.4) is 0 Å². The molecular formula is C13H18O3. The lowest BCUT2D eigenvalue weighted by Crippen LogP contribution is -2.21. The molecule has 2 N–H and O–H groups in total. The van der Waals surface area contributed by atoms with Crippen LogP contribution in [0.4, 0.5) is 0 Å². The van der Waals surface area contributed by atoms with Gasteiger partial charge in [0.2, 0.25) is 0 Å². The van der Waals surface area contributed by atoms with Gasteiger partial charge >= 0.3 is 5.97 Å². The Morgan fingerprint density at radius 1 is 1.38 bits per heavy atom. The second-order valence-corrected chi connectivity index (χ2v) is 4.25. The van der Waals surface area contributed by atoms with Crippen LogP contribution in [0, 0.1) is 12.8 Å². The van der Waals surface area contributed by atoms with Gasteiger partial charge < -0.3 is 10.2 Å². The molecule has 0 aromatic heterocycles. The molecule has 0 saturated heterocycles. The van der Waals surface area contributed by atoms with Gasteiger partial charge in [-0.3, -0.25) is 4.79 Å². The Morgan fingerprint density at radius 2 is 2.00 bits per heavy atom. The van der Waals surface area contributed by atoms with Gasteiger partial charge in [0.05, 0.1) is 12.0 Å². The molecule has 0 aliphatic heterocycles. The van der Waals surface area contributed by atoms with Gasteiger partial charge in [-0.1, -0.05) is 24.3 Å². The summed E-state index contributed by atoms with van der Waals surface area (Å²) in [6.45, 7) is 3.59. The van der Waals surface area contributed by atoms with Gasteiger partial charge in [0, 0.05) is 0 Å². The Bertz CT molecular complexity index is 358. The molecule has 3 heteroatoms. The van der Waals surface area contributed by atoms with E-state index in [9.17, 15) is 9.90 Å². The van der Waals surface area contributed by atoms with E-state index < -0.39 is 18.0 Å². The molecule has 0 radical (unpaired) electrons. The van der Waals surface area contributed by atoms with Crippen LogP contribution in [0.5, 0.6) is 0 Å². The Kier molecular flexibility index (Phi) is 4.50. The molecule has 1 aromatic carbocycles. The summed E-state index contributed by atoms with van der Waals surface area (Å²) < 4.78 is 0. The van der Waals surface area contributed by atoms with E-state index in [1.54, 1.807) is 6.92 Å². The molecule has 2 atom stereocenters. The highest BCUT2D eigenvalue weighted by Gasteiger charge is 2.20. The van der Waals surface area contributed by atoms with Crippen LogP contribution in [0.15, 0.2) is 24.3 Å². The molecule has 88 valence electrons. The number of rotatable bonds is 5. The first kappa shape index (κ1) is 12.7. The van der Waals surface area contributed by atoms with Gasteiger partial charge in [-0.25, -0.2) is 0 Å². The van der Waals surface area contributed by atoms with E-state index in [0.29, 0.717) is 12.8 Å². The average Bonchev–Trinajstić information content (AvgIpc) is 2.19. The number of hydrogen-bond donors (Lipinski definition) is 2. The first-order valence-corrected chi connectivity index (χ1v) is 5.46. The summed E-state index contributed by atoms with van der Waals surface area (Å²) in [5.74, 6) is -1.36. The van der Waals surface area contributed by atoms with Crippen molar-refractivity contribution in [3.8, 4) is 0 Å². The molecule has 0 amide bonds. The lowest BCUT2D eigenvalue weighted by molar-refractivity contribution is -0.142. The van der Waals surface area contributed by atoms with Gasteiger partial charge in [0.15, 0.2) is 0 Å². The third kappa shape index (κ3) is 3.66. The van der Waals surface area contributed by atoms with Crippen molar-refractivity contribution in [2.75, 3.05) is 0 Å². The zero-order valence-electron chi connectivity index (χ0n) is 9.68. The minimum atomic E-state index is -0.843. The molecule has 0 aliphatic rings. The van der Waals surface area contributed by atoms with E-state index in [-0.39, 0.29) is 0 Å². The standard InChI is InChI=1S/C13H18O3/c1-9-5-3-4-6-11(9)8-12(13(15)16)7-10(2)14/h3-6,10,12,14H,7-8H2,1-2H3,(H,15,16). The fourth-order valence-electron chi connectivity index (χ4n) is 1.79. The van der Waals surface area contributed by atoms with E-state index in [1.807, 2.05) is 31.2 Å². The summed E-state index contributed by atoms with van der Waals surface area (Å²) in [5.41, 5.74) is 2.13. The van der Waals surface area contributed by atoms with Gasteiger partial charge in [-0.2, -0.15) is 0 Å². The molecule has 0 heterocycles. The largest absolute Gasteiger partial charge is 0.481 e. The second-order valence-electron chi connectivity index (χ2n) is 4.25. The Hall–Kier alpha value is -1.35. The Morgan fingerprint density at radius 3 is 2.50 bits per heavy atom. The van der Waals surface area contributed by atoms with Crippen molar-refractivity contribution in [1.82, 2.24) is 0 Å². The van der Waals surface area contributed by atoms with Crippen molar-refractivity contribution < 1.29 is 15.0 Å². The van der Waals surface area contributed by atoms with Crippen molar-refractivity contribution in [2.24, 2.45) is 5.92 Å². The summed E-state index contributed by atoms with van der Waals surface area (Å²) in [7, 11) is 0. The molecule has 0 spiro atoms. The number of aryl methyl sites for hydroxylation is 1. The van der Waals surface area contributed by atoms with Gasteiger partial charge in [0.1, 0.15) is 0 Å². The number of hydrogen-bond acceptors (Lipinski definition) is 2. The van der Waals surface area contributed by atoms with E-state index in [0.717, 1.165) is 11.1 Å². The third-order valence-corrected chi connectivity index (χ3v) is 2.70. The maximum Gasteiger partial charge on any atom is 0.306 e. The highest BCUT2D eigenvalue weighted by Crippen LogP contribution is 2.17. The lowest BCUT2D eigenvalue weighted by Gasteiger charge is -2.15. The number of aliphatic hydroxyl groups excluding tert-OH is 1.